The minimum absolute atomic E-state index is 0.0597. The SMILES string of the molecule is O=C(Nc1cc(B(O)O)c2c3c1C(c1cc(F)ccc1Cl)NC(=O)N3CC2)c1cc(F)cc(C(F)(F)F)c1. The summed E-state index contributed by atoms with van der Waals surface area (Å²) in [7, 11) is -2.03. The van der Waals surface area contributed by atoms with Crippen molar-refractivity contribution in [3.8, 4) is 0 Å². The van der Waals surface area contributed by atoms with Crippen LogP contribution in [0.25, 0.3) is 0 Å². The molecule has 3 aromatic rings. The highest BCUT2D eigenvalue weighted by Gasteiger charge is 2.42. The molecule has 38 heavy (non-hydrogen) atoms. The highest BCUT2D eigenvalue weighted by atomic mass is 35.5. The molecule has 14 heteroatoms. The number of nitrogens with one attached hydrogen (secondary N) is 2. The summed E-state index contributed by atoms with van der Waals surface area (Å²) in [6.07, 6.45) is -4.70. The molecule has 0 saturated carbocycles. The van der Waals surface area contributed by atoms with Crippen molar-refractivity contribution in [3.05, 3.63) is 86.9 Å². The number of hydrogen-bond donors (Lipinski definition) is 4. The van der Waals surface area contributed by atoms with Crippen molar-refractivity contribution in [3.63, 3.8) is 0 Å². The number of alkyl halides is 3. The van der Waals surface area contributed by atoms with Crippen molar-refractivity contribution in [2.45, 2.75) is 18.6 Å². The number of nitrogens with zero attached hydrogens (tertiary/aromatic N) is 1. The second-order valence-corrected chi connectivity index (χ2v) is 9.17. The van der Waals surface area contributed by atoms with E-state index < -0.39 is 54.0 Å². The van der Waals surface area contributed by atoms with Crippen LogP contribution in [-0.2, 0) is 12.6 Å². The van der Waals surface area contributed by atoms with Crippen LogP contribution in [0, 0.1) is 11.6 Å². The topological polar surface area (TPSA) is 102 Å². The molecule has 4 N–H and O–H groups in total. The van der Waals surface area contributed by atoms with Crippen molar-refractivity contribution < 1.29 is 41.6 Å². The summed E-state index contributed by atoms with van der Waals surface area (Å²) in [5, 5.41) is 25.2. The summed E-state index contributed by atoms with van der Waals surface area (Å²) in [5.41, 5.74) is -1.33. The molecule has 0 radical (unpaired) electrons. The smallest absolute Gasteiger partial charge is 0.423 e. The lowest BCUT2D eigenvalue weighted by Gasteiger charge is -2.35. The second-order valence-electron chi connectivity index (χ2n) is 8.76. The average Bonchev–Trinajstić information content (AvgIpc) is 3.28. The van der Waals surface area contributed by atoms with Crippen molar-refractivity contribution in [2.75, 3.05) is 16.8 Å². The molecule has 3 aromatic carbocycles. The number of urea groups is 1. The molecule has 2 aliphatic heterocycles. The lowest BCUT2D eigenvalue weighted by atomic mass is 9.74. The van der Waals surface area contributed by atoms with E-state index in [1.54, 1.807) is 0 Å². The number of halogens is 6. The fourth-order valence-corrected chi connectivity index (χ4v) is 5.03. The van der Waals surface area contributed by atoms with Crippen LogP contribution in [0.2, 0.25) is 5.02 Å². The van der Waals surface area contributed by atoms with E-state index in [4.69, 9.17) is 11.6 Å². The Kier molecular flexibility index (Phi) is 6.32. The molecule has 0 saturated heterocycles. The van der Waals surface area contributed by atoms with E-state index >= 15 is 0 Å². The predicted molar refractivity (Wildman–Crippen MR) is 128 cm³/mol. The normalized spacial score (nSPS) is 16.3. The molecule has 5 rings (SSSR count). The number of anilines is 2. The van der Waals surface area contributed by atoms with Gasteiger partial charge in [-0.15, -0.1) is 0 Å². The highest BCUT2D eigenvalue weighted by molar-refractivity contribution is 6.59. The number of amides is 3. The molecule has 2 heterocycles. The summed E-state index contributed by atoms with van der Waals surface area (Å²) < 4.78 is 67.8. The minimum Gasteiger partial charge on any atom is -0.423 e. The van der Waals surface area contributed by atoms with Crippen molar-refractivity contribution in [1.82, 2.24) is 5.32 Å². The molecule has 0 aliphatic carbocycles. The molecular weight excluding hydrogens is 536 g/mol. The van der Waals surface area contributed by atoms with Gasteiger partial charge >= 0.3 is 19.3 Å². The van der Waals surface area contributed by atoms with Gasteiger partial charge in [0.2, 0.25) is 0 Å². The molecule has 1 atom stereocenters. The van der Waals surface area contributed by atoms with Gasteiger partial charge in [-0.05, 0) is 59.9 Å². The third-order valence-electron chi connectivity index (χ3n) is 6.42. The van der Waals surface area contributed by atoms with Crippen LogP contribution >= 0.6 is 11.6 Å². The van der Waals surface area contributed by atoms with Crippen molar-refractivity contribution in [1.29, 1.82) is 0 Å². The van der Waals surface area contributed by atoms with Crippen LogP contribution < -0.4 is 21.0 Å². The van der Waals surface area contributed by atoms with Gasteiger partial charge in [0.1, 0.15) is 11.6 Å². The maximum atomic E-state index is 14.2. The molecule has 0 spiro atoms. The molecule has 1 unspecified atom stereocenters. The van der Waals surface area contributed by atoms with Gasteiger partial charge < -0.3 is 20.7 Å². The molecule has 7 nitrogen and oxygen atoms in total. The maximum absolute atomic E-state index is 14.2. The van der Waals surface area contributed by atoms with Gasteiger partial charge in [-0.2, -0.15) is 13.2 Å². The first-order valence-corrected chi connectivity index (χ1v) is 11.5. The summed E-state index contributed by atoms with van der Waals surface area (Å²) in [6.45, 7) is 0.147. The summed E-state index contributed by atoms with van der Waals surface area (Å²) in [4.78, 5) is 27.3. The Morgan fingerprint density at radius 1 is 1.11 bits per heavy atom. The van der Waals surface area contributed by atoms with E-state index in [-0.39, 0.29) is 52.0 Å². The Morgan fingerprint density at radius 2 is 1.84 bits per heavy atom. The average molecular weight is 552 g/mol. The zero-order valence-electron chi connectivity index (χ0n) is 19.0. The van der Waals surface area contributed by atoms with E-state index in [2.05, 4.69) is 10.6 Å². The Hall–Kier alpha value is -3.68. The van der Waals surface area contributed by atoms with E-state index in [0.29, 0.717) is 17.7 Å². The first kappa shape index (κ1) is 26.0. The number of hydrogen-bond acceptors (Lipinski definition) is 4. The molecule has 2 aliphatic rings. The van der Waals surface area contributed by atoms with Crippen LogP contribution in [0.4, 0.5) is 38.1 Å². The number of carbonyl (C=O) groups excluding carboxylic acids is 2. The third kappa shape index (κ3) is 4.46. The van der Waals surface area contributed by atoms with Gasteiger partial charge in [0, 0.05) is 33.9 Å². The van der Waals surface area contributed by atoms with Gasteiger partial charge in [0.15, 0.2) is 0 Å². The zero-order valence-corrected chi connectivity index (χ0v) is 19.8. The largest absolute Gasteiger partial charge is 0.488 e. The predicted octanol–water partition coefficient (Wildman–Crippen LogP) is 3.74. The number of benzene rings is 3. The Morgan fingerprint density at radius 3 is 2.53 bits per heavy atom. The van der Waals surface area contributed by atoms with Gasteiger partial charge in [0.25, 0.3) is 5.91 Å². The monoisotopic (exact) mass is 551 g/mol. The van der Waals surface area contributed by atoms with Gasteiger partial charge in [-0.3, -0.25) is 9.69 Å². The molecule has 0 aromatic heterocycles. The highest BCUT2D eigenvalue weighted by Crippen LogP contribution is 2.46. The number of carbonyl (C=O) groups is 2. The zero-order chi connectivity index (χ0) is 27.5. The van der Waals surface area contributed by atoms with Crippen LogP contribution in [0.3, 0.4) is 0 Å². The van der Waals surface area contributed by atoms with E-state index in [1.165, 1.54) is 17.0 Å². The van der Waals surface area contributed by atoms with Gasteiger partial charge in [0.05, 0.1) is 17.3 Å². The summed E-state index contributed by atoms with van der Waals surface area (Å²) in [6, 6.07) is 4.23. The van der Waals surface area contributed by atoms with Gasteiger partial charge in [-0.1, -0.05) is 11.6 Å². The Balaban J connectivity index is 1.69. The van der Waals surface area contributed by atoms with E-state index in [9.17, 15) is 41.6 Å². The fraction of sp³-hybridized carbons (Fsp3) is 0.167. The first-order valence-electron chi connectivity index (χ1n) is 11.1. The third-order valence-corrected chi connectivity index (χ3v) is 6.76. The van der Waals surface area contributed by atoms with Gasteiger partial charge in [-0.25, -0.2) is 13.6 Å². The Labute approximate surface area is 217 Å². The van der Waals surface area contributed by atoms with E-state index in [0.717, 1.165) is 12.1 Å². The summed E-state index contributed by atoms with van der Waals surface area (Å²) in [5.74, 6) is -3.12. The number of rotatable bonds is 4. The van der Waals surface area contributed by atoms with E-state index in [1.807, 2.05) is 0 Å². The van der Waals surface area contributed by atoms with Crippen LogP contribution in [0.1, 0.15) is 38.7 Å². The molecule has 0 fully saturated rings. The lowest BCUT2D eigenvalue weighted by molar-refractivity contribution is -0.137. The second kappa shape index (κ2) is 9.26. The summed E-state index contributed by atoms with van der Waals surface area (Å²) >= 11 is 6.30. The lowest BCUT2D eigenvalue weighted by Crippen LogP contribution is -2.47. The maximum Gasteiger partial charge on any atom is 0.488 e. The standard InChI is InChI=1S/C24H16BClF5N3O4/c26-17-2-1-12(27)8-15(17)20-19-18(32-22(35)10-5-11(24(29,30)31)7-13(28)6-10)9-16(25(37)38)14-3-4-34(21(14)19)23(36)33-20/h1-2,5-9,20,37-38H,3-4H2,(H,32,35)(H,33,36). The minimum atomic E-state index is -4.92. The fourth-order valence-electron chi connectivity index (χ4n) is 4.80. The van der Waals surface area contributed by atoms with Crippen LogP contribution in [-0.4, -0.2) is 35.6 Å². The Bertz CT molecular complexity index is 1500. The molecule has 3 amide bonds. The first-order chi connectivity index (χ1) is 17.8. The van der Waals surface area contributed by atoms with Crippen LogP contribution in [0.15, 0.2) is 42.5 Å². The quantitative estimate of drug-likeness (QED) is 0.293. The molecule has 0 bridgehead atoms. The van der Waals surface area contributed by atoms with Crippen molar-refractivity contribution in [2.24, 2.45) is 0 Å². The molecule has 196 valence electrons. The molecular formula is C24H16BClF5N3O4. The van der Waals surface area contributed by atoms with Crippen molar-refractivity contribution >= 4 is 47.5 Å². The van der Waals surface area contributed by atoms with Crippen LogP contribution in [0.5, 0.6) is 0 Å².